The summed E-state index contributed by atoms with van der Waals surface area (Å²) in [5.74, 6) is 0. The van der Waals surface area contributed by atoms with Gasteiger partial charge in [0.05, 0.1) is 0 Å². The highest BCUT2D eigenvalue weighted by molar-refractivity contribution is 6.24. The number of rotatable bonds is 4. The Kier molecular flexibility index (Phi) is 9.59. The van der Waals surface area contributed by atoms with Crippen LogP contribution in [0.2, 0.25) is 0 Å². The van der Waals surface area contributed by atoms with Crippen molar-refractivity contribution in [3.8, 4) is 44.5 Å². The molecule has 292 valence electrons. The second kappa shape index (κ2) is 14.1. The molecule has 0 heterocycles. The van der Waals surface area contributed by atoms with E-state index >= 15 is 0 Å². The molecule has 0 bridgehead atoms. The molecule has 0 spiro atoms. The fourth-order valence-electron chi connectivity index (χ4n) is 8.51. The summed E-state index contributed by atoms with van der Waals surface area (Å²) in [6.07, 6.45) is 0. The molecule has 0 radical (unpaired) electrons. The van der Waals surface area contributed by atoms with E-state index in [0.717, 1.165) is 0 Å². The predicted octanol–water partition coefficient (Wildman–Crippen LogP) is 17.0. The van der Waals surface area contributed by atoms with Gasteiger partial charge in [-0.15, -0.1) is 0 Å². The van der Waals surface area contributed by atoms with E-state index in [1.165, 1.54) is 99.1 Å². The predicted molar refractivity (Wildman–Crippen MR) is 256 cm³/mol. The van der Waals surface area contributed by atoms with Crippen LogP contribution >= 0.6 is 0 Å². The first-order valence-corrected chi connectivity index (χ1v) is 21.2. The van der Waals surface area contributed by atoms with E-state index in [4.69, 9.17) is 0 Å². The van der Waals surface area contributed by atoms with Crippen molar-refractivity contribution >= 4 is 32.3 Å². The lowest BCUT2D eigenvalue weighted by atomic mass is 9.83. The van der Waals surface area contributed by atoms with Gasteiger partial charge in [0.2, 0.25) is 0 Å². The number of fused-ring (bicyclic) bond motifs is 5. The van der Waals surface area contributed by atoms with Crippen LogP contribution < -0.4 is 0 Å². The second-order valence-electron chi connectivity index (χ2n) is 20.8. The highest BCUT2D eigenvalue weighted by atomic mass is 14.2. The molecule has 0 heteroatoms. The Labute approximate surface area is 348 Å². The Hall–Kier alpha value is -5.46. The van der Waals surface area contributed by atoms with Crippen molar-refractivity contribution in [2.24, 2.45) is 0 Å². The Bertz CT molecular complexity index is 2580. The van der Waals surface area contributed by atoms with Crippen molar-refractivity contribution in [1.29, 1.82) is 0 Å². The maximum atomic E-state index is 2.48. The van der Waals surface area contributed by atoms with Gasteiger partial charge < -0.3 is 0 Å². The highest BCUT2D eigenvalue weighted by Crippen LogP contribution is 2.45. The largest absolute Gasteiger partial charge is 0.0579 e. The van der Waals surface area contributed by atoms with Gasteiger partial charge in [0.1, 0.15) is 0 Å². The van der Waals surface area contributed by atoms with E-state index in [2.05, 4.69) is 229 Å². The third-order valence-electron chi connectivity index (χ3n) is 12.4. The van der Waals surface area contributed by atoms with Crippen molar-refractivity contribution in [1.82, 2.24) is 0 Å². The third kappa shape index (κ3) is 7.51. The molecule has 8 aromatic rings. The molecule has 8 rings (SSSR count). The summed E-state index contributed by atoms with van der Waals surface area (Å²) in [7, 11) is 0. The Morgan fingerprint density at radius 1 is 0.207 bits per heavy atom. The van der Waals surface area contributed by atoms with Gasteiger partial charge in [-0.3, -0.25) is 0 Å². The lowest BCUT2D eigenvalue weighted by Crippen LogP contribution is -2.10. The molecule has 0 aromatic heterocycles. The molecular formula is C58H60. The van der Waals surface area contributed by atoms with Crippen LogP contribution in [0.4, 0.5) is 0 Å². The summed E-state index contributed by atoms with van der Waals surface area (Å²) < 4.78 is 0. The Balaban J connectivity index is 1.45. The average Bonchev–Trinajstić information content (AvgIpc) is 3.18. The van der Waals surface area contributed by atoms with Crippen molar-refractivity contribution in [2.45, 2.75) is 105 Å². The maximum absolute atomic E-state index is 2.48. The van der Waals surface area contributed by atoms with Crippen LogP contribution in [-0.2, 0) is 21.7 Å². The Morgan fingerprint density at radius 3 is 0.690 bits per heavy atom. The van der Waals surface area contributed by atoms with Crippen LogP contribution in [0.25, 0.3) is 76.8 Å². The fraction of sp³-hybridized carbons (Fsp3) is 0.276. The van der Waals surface area contributed by atoms with E-state index in [1.54, 1.807) is 0 Å². The Morgan fingerprint density at radius 2 is 0.431 bits per heavy atom. The topological polar surface area (TPSA) is 0 Å². The van der Waals surface area contributed by atoms with Crippen molar-refractivity contribution in [2.75, 3.05) is 0 Å². The summed E-state index contributed by atoms with van der Waals surface area (Å²) in [5.41, 5.74) is 15.7. The zero-order chi connectivity index (χ0) is 41.4. The SMILES string of the molecule is CC(C)(C)c1ccc(-c2ccc3c(-c4ccc(C(C)(C)C)cc4)cc4c5cc(-c6ccc(C(C)(C)C)cc6)ccc5c(-c5ccc(C(C)(C)C)cc5)cc4c3c2)cc1. The molecule has 0 aliphatic carbocycles. The fourth-order valence-corrected chi connectivity index (χ4v) is 8.51. The van der Waals surface area contributed by atoms with Gasteiger partial charge in [-0.25, -0.2) is 0 Å². The van der Waals surface area contributed by atoms with E-state index in [9.17, 15) is 0 Å². The highest BCUT2D eigenvalue weighted by Gasteiger charge is 2.20. The smallest absolute Gasteiger partial charge is 0.00921 e. The molecular weight excluding hydrogens is 697 g/mol. The van der Waals surface area contributed by atoms with E-state index in [-0.39, 0.29) is 21.7 Å². The number of hydrogen-bond donors (Lipinski definition) is 0. The standard InChI is InChI=1S/C58H60/c1-55(2,3)43-23-13-37(14-24-43)41-21-31-47-49(39-17-27-45(28-18-39)57(7,8)9)36-54-52-34-42(38-15-25-44(26-16-38)56(4,5)6)22-32-48(52)50(35-53(54)51(47)33-41)40-19-29-46(30-20-40)58(10,11)12/h13-36H,1-12H3. The van der Waals surface area contributed by atoms with Crippen LogP contribution in [0.3, 0.4) is 0 Å². The summed E-state index contributed by atoms with van der Waals surface area (Å²) in [6, 6.07) is 56.2. The van der Waals surface area contributed by atoms with E-state index in [0.29, 0.717) is 0 Å². The van der Waals surface area contributed by atoms with Gasteiger partial charge >= 0.3 is 0 Å². The minimum absolute atomic E-state index is 0.0839. The zero-order valence-corrected chi connectivity index (χ0v) is 36.9. The van der Waals surface area contributed by atoms with Crippen LogP contribution in [0.5, 0.6) is 0 Å². The van der Waals surface area contributed by atoms with Crippen LogP contribution in [0.15, 0.2) is 146 Å². The molecule has 0 saturated heterocycles. The van der Waals surface area contributed by atoms with Crippen molar-refractivity contribution in [3.63, 3.8) is 0 Å². The molecule has 0 N–H and O–H groups in total. The van der Waals surface area contributed by atoms with Crippen LogP contribution in [0.1, 0.15) is 105 Å². The molecule has 0 aliphatic heterocycles. The summed E-state index contributed by atoms with van der Waals surface area (Å²) in [5, 5.41) is 7.65. The third-order valence-corrected chi connectivity index (χ3v) is 12.4. The normalized spacial score (nSPS) is 12.8. The van der Waals surface area contributed by atoms with Gasteiger partial charge in [-0.1, -0.05) is 204 Å². The van der Waals surface area contributed by atoms with E-state index in [1.807, 2.05) is 0 Å². The lowest BCUT2D eigenvalue weighted by Gasteiger charge is -2.21. The van der Waals surface area contributed by atoms with Crippen molar-refractivity contribution in [3.05, 3.63) is 168 Å². The molecule has 0 saturated carbocycles. The molecule has 0 unspecified atom stereocenters. The summed E-state index contributed by atoms with van der Waals surface area (Å²) >= 11 is 0. The molecule has 0 atom stereocenters. The quantitative estimate of drug-likeness (QED) is 0.157. The van der Waals surface area contributed by atoms with Crippen LogP contribution in [-0.4, -0.2) is 0 Å². The molecule has 0 amide bonds. The van der Waals surface area contributed by atoms with Crippen molar-refractivity contribution < 1.29 is 0 Å². The molecule has 0 nitrogen and oxygen atoms in total. The van der Waals surface area contributed by atoms with Gasteiger partial charge in [0, 0.05) is 0 Å². The minimum Gasteiger partial charge on any atom is -0.0579 e. The lowest BCUT2D eigenvalue weighted by molar-refractivity contribution is 0.590. The monoisotopic (exact) mass is 756 g/mol. The van der Waals surface area contributed by atoms with Gasteiger partial charge in [0.25, 0.3) is 0 Å². The molecule has 8 aromatic carbocycles. The first kappa shape index (κ1) is 39.4. The molecule has 0 fully saturated rings. The average molecular weight is 757 g/mol. The number of benzene rings is 8. The van der Waals surface area contributed by atoms with Gasteiger partial charge in [-0.05, 0) is 145 Å². The maximum Gasteiger partial charge on any atom is -0.00921 e. The van der Waals surface area contributed by atoms with E-state index < -0.39 is 0 Å². The summed E-state index contributed by atoms with van der Waals surface area (Å²) in [4.78, 5) is 0. The molecule has 58 heavy (non-hydrogen) atoms. The summed E-state index contributed by atoms with van der Waals surface area (Å²) in [6.45, 7) is 27.4. The van der Waals surface area contributed by atoms with Crippen LogP contribution in [0, 0.1) is 0 Å². The molecule has 0 aliphatic rings. The zero-order valence-electron chi connectivity index (χ0n) is 36.9. The second-order valence-corrected chi connectivity index (χ2v) is 20.8. The number of hydrogen-bond acceptors (Lipinski definition) is 0. The van der Waals surface area contributed by atoms with Gasteiger partial charge in [-0.2, -0.15) is 0 Å². The first-order valence-electron chi connectivity index (χ1n) is 21.2. The first-order chi connectivity index (χ1) is 27.3. The van der Waals surface area contributed by atoms with Gasteiger partial charge in [0.15, 0.2) is 0 Å². The minimum atomic E-state index is 0.0839.